The van der Waals surface area contributed by atoms with Gasteiger partial charge in [-0.1, -0.05) is 18.9 Å². The molecule has 1 aromatic heterocycles. The van der Waals surface area contributed by atoms with Gasteiger partial charge in [0.1, 0.15) is 0 Å². The average molecular weight is 224 g/mol. The minimum atomic E-state index is 0.162. The summed E-state index contributed by atoms with van der Waals surface area (Å²) in [5.74, 6) is 0.638. The predicted molar refractivity (Wildman–Crippen MR) is 62.2 cm³/mol. The van der Waals surface area contributed by atoms with Crippen molar-refractivity contribution in [2.24, 2.45) is 0 Å². The Balaban J connectivity index is 1.87. The summed E-state index contributed by atoms with van der Waals surface area (Å²) in [7, 11) is 0. The van der Waals surface area contributed by atoms with Crippen molar-refractivity contribution in [1.82, 2.24) is 15.5 Å². The van der Waals surface area contributed by atoms with E-state index in [1.165, 1.54) is 19.3 Å². The van der Waals surface area contributed by atoms with Crippen LogP contribution in [-0.2, 0) is 6.54 Å². The van der Waals surface area contributed by atoms with Crippen molar-refractivity contribution in [2.75, 3.05) is 5.32 Å². The van der Waals surface area contributed by atoms with Gasteiger partial charge < -0.3 is 15.1 Å². The average Bonchev–Trinajstić information content (AvgIpc) is 2.60. The van der Waals surface area contributed by atoms with Crippen molar-refractivity contribution in [1.29, 1.82) is 0 Å². The van der Waals surface area contributed by atoms with Gasteiger partial charge in [0.2, 0.25) is 5.89 Å². The summed E-state index contributed by atoms with van der Waals surface area (Å²) in [6.45, 7) is 6.99. The van der Waals surface area contributed by atoms with E-state index in [9.17, 15) is 0 Å². The zero-order chi connectivity index (χ0) is 11.6. The second-order valence-corrected chi connectivity index (χ2v) is 5.08. The summed E-state index contributed by atoms with van der Waals surface area (Å²) in [6.07, 6.45) is 3.63. The van der Waals surface area contributed by atoms with Gasteiger partial charge in [0.05, 0.1) is 6.54 Å². The van der Waals surface area contributed by atoms with Crippen LogP contribution in [0.25, 0.3) is 0 Å². The van der Waals surface area contributed by atoms with Gasteiger partial charge in [-0.05, 0) is 26.2 Å². The first kappa shape index (κ1) is 11.4. The van der Waals surface area contributed by atoms with Crippen molar-refractivity contribution in [3.8, 4) is 0 Å². The van der Waals surface area contributed by atoms with Crippen LogP contribution >= 0.6 is 0 Å². The maximum Gasteiger partial charge on any atom is 0.315 e. The highest BCUT2D eigenvalue weighted by Crippen LogP contribution is 2.34. The number of nitrogens with zero attached hydrogens (tertiary/aromatic N) is 2. The number of hydrogen-bond acceptors (Lipinski definition) is 5. The van der Waals surface area contributed by atoms with Gasteiger partial charge in [0.15, 0.2) is 0 Å². The Morgan fingerprint density at radius 1 is 1.38 bits per heavy atom. The molecule has 16 heavy (non-hydrogen) atoms. The standard InChI is InChI=1S/C11H20N4O/c1-8(2)12-7-9-14-15-10(16-9)13-11(3)5-4-6-11/h8,12H,4-7H2,1-3H3,(H,13,15). The third kappa shape index (κ3) is 2.72. The minimum Gasteiger partial charge on any atom is -0.407 e. The molecule has 0 amide bonds. The van der Waals surface area contributed by atoms with Gasteiger partial charge in [-0.3, -0.25) is 0 Å². The molecule has 1 aliphatic carbocycles. The fraction of sp³-hybridized carbons (Fsp3) is 0.818. The fourth-order valence-corrected chi connectivity index (χ4v) is 1.76. The smallest absolute Gasteiger partial charge is 0.315 e. The van der Waals surface area contributed by atoms with E-state index in [0.717, 1.165) is 0 Å². The molecule has 2 N–H and O–H groups in total. The predicted octanol–water partition coefficient (Wildman–Crippen LogP) is 1.92. The third-order valence-corrected chi connectivity index (χ3v) is 2.99. The molecule has 5 heteroatoms. The summed E-state index contributed by atoms with van der Waals surface area (Å²) in [5.41, 5.74) is 0.162. The van der Waals surface area contributed by atoms with Crippen molar-refractivity contribution < 1.29 is 4.42 Å². The molecule has 0 atom stereocenters. The topological polar surface area (TPSA) is 63.0 Å². The molecule has 0 bridgehead atoms. The van der Waals surface area contributed by atoms with Crippen molar-refractivity contribution in [3.63, 3.8) is 0 Å². The van der Waals surface area contributed by atoms with Gasteiger partial charge in [-0.15, -0.1) is 5.10 Å². The normalized spacial score (nSPS) is 18.5. The molecule has 2 rings (SSSR count). The fourth-order valence-electron chi connectivity index (χ4n) is 1.76. The Kier molecular flexibility index (Phi) is 3.14. The van der Waals surface area contributed by atoms with E-state index in [0.29, 0.717) is 24.5 Å². The summed E-state index contributed by atoms with van der Waals surface area (Å²) >= 11 is 0. The molecule has 0 radical (unpaired) electrons. The Morgan fingerprint density at radius 3 is 2.69 bits per heavy atom. The highest BCUT2D eigenvalue weighted by Gasteiger charge is 2.32. The minimum absolute atomic E-state index is 0.162. The molecule has 0 aliphatic heterocycles. The van der Waals surface area contributed by atoms with E-state index in [1.807, 2.05) is 0 Å². The molecule has 90 valence electrons. The first-order valence-electron chi connectivity index (χ1n) is 5.91. The second kappa shape index (κ2) is 4.41. The summed E-state index contributed by atoms with van der Waals surface area (Å²) < 4.78 is 5.51. The van der Waals surface area contributed by atoms with E-state index in [2.05, 4.69) is 41.6 Å². The summed E-state index contributed by atoms with van der Waals surface area (Å²) in [4.78, 5) is 0. The molecule has 5 nitrogen and oxygen atoms in total. The van der Waals surface area contributed by atoms with E-state index in [-0.39, 0.29) is 5.54 Å². The molecule has 1 saturated carbocycles. The van der Waals surface area contributed by atoms with Crippen LogP contribution in [-0.4, -0.2) is 21.8 Å². The van der Waals surface area contributed by atoms with Crippen LogP contribution in [0.1, 0.15) is 45.9 Å². The Labute approximate surface area is 96.0 Å². The van der Waals surface area contributed by atoms with Gasteiger partial charge in [0, 0.05) is 11.6 Å². The molecule has 1 aromatic rings. The molecule has 0 unspecified atom stereocenters. The lowest BCUT2D eigenvalue weighted by molar-refractivity contribution is 0.296. The van der Waals surface area contributed by atoms with E-state index in [4.69, 9.17) is 4.42 Å². The van der Waals surface area contributed by atoms with E-state index >= 15 is 0 Å². The van der Waals surface area contributed by atoms with Crippen LogP contribution in [0.4, 0.5) is 6.01 Å². The highest BCUT2D eigenvalue weighted by molar-refractivity contribution is 5.25. The van der Waals surface area contributed by atoms with Crippen LogP contribution in [0, 0.1) is 0 Å². The number of hydrogen-bond donors (Lipinski definition) is 2. The SMILES string of the molecule is CC(C)NCc1nnc(NC2(C)CCC2)o1. The van der Waals surface area contributed by atoms with Crippen molar-refractivity contribution in [2.45, 2.75) is 58.2 Å². The number of anilines is 1. The van der Waals surface area contributed by atoms with Crippen LogP contribution in [0.3, 0.4) is 0 Å². The van der Waals surface area contributed by atoms with Gasteiger partial charge in [-0.25, -0.2) is 0 Å². The lowest BCUT2D eigenvalue weighted by Gasteiger charge is -2.38. The molecule has 1 aliphatic rings. The van der Waals surface area contributed by atoms with E-state index in [1.54, 1.807) is 0 Å². The molecule has 1 fully saturated rings. The molecule has 0 spiro atoms. The van der Waals surface area contributed by atoms with Gasteiger partial charge in [-0.2, -0.15) is 0 Å². The number of nitrogens with one attached hydrogen (secondary N) is 2. The lowest BCUT2D eigenvalue weighted by atomic mass is 9.79. The Bertz CT molecular complexity index is 344. The van der Waals surface area contributed by atoms with Gasteiger partial charge in [0.25, 0.3) is 0 Å². The monoisotopic (exact) mass is 224 g/mol. The largest absolute Gasteiger partial charge is 0.407 e. The second-order valence-electron chi connectivity index (χ2n) is 5.08. The Hall–Kier alpha value is -1.10. The maximum absolute atomic E-state index is 5.51. The van der Waals surface area contributed by atoms with Crippen LogP contribution in [0.15, 0.2) is 4.42 Å². The third-order valence-electron chi connectivity index (χ3n) is 2.99. The molecule has 0 saturated heterocycles. The quantitative estimate of drug-likeness (QED) is 0.800. The zero-order valence-electron chi connectivity index (χ0n) is 10.2. The maximum atomic E-state index is 5.51. The van der Waals surface area contributed by atoms with Gasteiger partial charge >= 0.3 is 6.01 Å². The lowest BCUT2D eigenvalue weighted by Crippen LogP contribution is -2.41. The molecular weight excluding hydrogens is 204 g/mol. The molecular formula is C11H20N4O. The van der Waals surface area contributed by atoms with Crippen molar-refractivity contribution >= 4 is 6.01 Å². The number of aromatic nitrogens is 2. The Morgan fingerprint density at radius 2 is 2.12 bits per heavy atom. The molecule has 0 aromatic carbocycles. The first-order chi connectivity index (χ1) is 7.57. The van der Waals surface area contributed by atoms with Crippen LogP contribution in [0.5, 0.6) is 0 Å². The van der Waals surface area contributed by atoms with E-state index < -0.39 is 0 Å². The number of rotatable bonds is 5. The molecule has 1 heterocycles. The van der Waals surface area contributed by atoms with Crippen LogP contribution < -0.4 is 10.6 Å². The summed E-state index contributed by atoms with van der Waals surface area (Å²) in [5, 5.41) is 14.5. The van der Waals surface area contributed by atoms with Crippen LogP contribution in [0.2, 0.25) is 0 Å². The summed E-state index contributed by atoms with van der Waals surface area (Å²) in [6, 6.07) is 0.968. The zero-order valence-corrected chi connectivity index (χ0v) is 10.2. The first-order valence-corrected chi connectivity index (χ1v) is 5.91. The highest BCUT2D eigenvalue weighted by atomic mass is 16.4. The van der Waals surface area contributed by atoms with Crippen molar-refractivity contribution in [3.05, 3.63) is 5.89 Å².